The lowest BCUT2D eigenvalue weighted by molar-refractivity contribution is 0.0479. The van der Waals surface area contributed by atoms with Crippen molar-refractivity contribution in [1.82, 2.24) is 0 Å². The second kappa shape index (κ2) is 9.09. The van der Waals surface area contributed by atoms with Crippen molar-refractivity contribution in [1.29, 1.82) is 0 Å². The molecule has 0 aromatic heterocycles. The standard InChI is InChI=1S/C24H20O4S4/c1-3-27-23(25)15-9-13-14(10-16(15)24(26)28-4-2)22(32)18-17(21(13)31)19(29)11-7-5-6-8-12(11)20(18)30/h5-10,29-32H,3-4H2,1-2H3. The summed E-state index contributed by atoms with van der Waals surface area (Å²) in [5.74, 6) is -1.21. The Balaban J connectivity index is 2.19. The molecule has 0 fully saturated rings. The Kier molecular flexibility index (Phi) is 6.58. The Bertz CT molecular complexity index is 1320. The highest BCUT2D eigenvalue weighted by Crippen LogP contribution is 2.46. The number of benzene rings is 4. The zero-order valence-corrected chi connectivity index (χ0v) is 20.9. The average molecular weight is 501 g/mol. The summed E-state index contributed by atoms with van der Waals surface area (Å²) in [5, 5.41) is 4.72. The maximum absolute atomic E-state index is 12.7. The van der Waals surface area contributed by atoms with E-state index in [0.29, 0.717) is 20.6 Å². The molecule has 0 heterocycles. The molecule has 0 amide bonds. The molecule has 8 heteroatoms. The molecule has 0 spiro atoms. The summed E-state index contributed by atoms with van der Waals surface area (Å²) in [4.78, 5) is 28.0. The number of hydrogen-bond acceptors (Lipinski definition) is 8. The summed E-state index contributed by atoms with van der Waals surface area (Å²) in [6.07, 6.45) is 0. The van der Waals surface area contributed by atoms with Gasteiger partial charge in [-0.05, 0) is 47.5 Å². The Morgan fingerprint density at radius 1 is 0.656 bits per heavy atom. The molecule has 4 nitrogen and oxygen atoms in total. The zero-order valence-electron chi connectivity index (χ0n) is 17.3. The molecule has 0 bridgehead atoms. The van der Waals surface area contributed by atoms with Crippen LogP contribution in [0.2, 0.25) is 0 Å². The van der Waals surface area contributed by atoms with Crippen LogP contribution in [-0.4, -0.2) is 25.2 Å². The molecule has 0 saturated carbocycles. The normalized spacial score (nSPS) is 11.3. The Labute approximate surface area is 207 Å². The van der Waals surface area contributed by atoms with Crippen LogP contribution in [0.15, 0.2) is 56.0 Å². The molecular weight excluding hydrogens is 481 g/mol. The molecule has 0 unspecified atom stereocenters. The highest BCUT2D eigenvalue weighted by atomic mass is 32.1. The number of rotatable bonds is 4. The zero-order chi connectivity index (χ0) is 23.2. The molecule has 4 aromatic rings. The van der Waals surface area contributed by atoms with Gasteiger partial charge >= 0.3 is 11.9 Å². The fourth-order valence-electron chi connectivity index (χ4n) is 3.88. The number of esters is 2. The van der Waals surface area contributed by atoms with Gasteiger partial charge in [-0.15, -0.1) is 50.5 Å². The monoisotopic (exact) mass is 500 g/mol. The van der Waals surface area contributed by atoms with Gasteiger partial charge in [0.2, 0.25) is 0 Å². The van der Waals surface area contributed by atoms with Gasteiger partial charge in [0, 0.05) is 30.4 Å². The van der Waals surface area contributed by atoms with Crippen molar-refractivity contribution in [3.8, 4) is 0 Å². The predicted octanol–water partition coefficient (Wildman–Crippen LogP) is 6.65. The minimum Gasteiger partial charge on any atom is -0.462 e. The molecule has 4 aromatic carbocycles. The van der Waals surface area contributed by atoms with Crippen LogP contribution in [0, 0.1) is 0 Å². The van der Waals surface area contributed by atoms with E-state index in [1.165, 1.54) is 0 Å². The first kappa shape index (κ1) is 23.2. The highest BCUT2D eigenvalue weighted by Gasteiger charge is 2.24. The fourth-order valence-corrected chi connectivity index (χ4v) is 5.71. The average Bonchev–Trinajstić information content (AvgIpc) is 2.79. The van der Waals surface area contributed by atoms with Crippen LogP contribution in [0.1, 0.15) is 34.6 Å². The second-order valence-electron chi connectivity index (χ2n) is 7.07. The third kappa shape index (κ3) is 3.63. The van der Waals surface area contributed by atoms with Crippen LogP contribution >= 0.6 is 50.5 Å². The molecule has 0 N–H and O–H groups in total. The van der Waals surface area contributed by atoms with E-state index in [9.17, 15) is 9.59 Å². The van der Waals surface area contributed by atoms with Gasteiger partial charge in [0.05, 0.1) is 24.3 Å². The summed E-state index contributed by atoms with van der Waals surface area (Å²) >= 11 is 19.2. The SMILES string of the molecule is CCOC(=O)c1cc2c(S)c3c(S)c4ccccc4c(S)c3c(S)c2cc1C(=O)OCC. The quantitative estimate of drug-likeness (QED) is 0.144. The Hall–Kier alpha value is -2.00. The molecule has 0 aliphatic heterocycles. The van der Waals surface area contributed by atoms with Gasteiger partial charge in [0.25, 0.3) is 0 Å². The van der Waals surface area contributed by atoms with Gasteiger partial charge in [0.1, 0.15) is 0 Å². The van der Waals surface area contributed by atoms with E-state index in [2.05, 4.69) is 0 Å². The summed E-state index contributed by atoms with van der Waals surface area (Å²) < 4.78 is 10.4. The molecule has 0 radical (unpaired) electrons. The second-order valence-corrected chi connectivity index (χ2v) is 8.86. The lowest BCUT2D eigenvalue weighted by Crippen LogP contribution is -2.14. The maximum atomic E-state index is 12.7. The van der Waals surface area contributed by atoms with Crippen molar-refractivity contribution >= 4 is 94.8 Å². The first-order valence-electron chi connectivity index (χ1n) is 9.93. The van der Waals surface area contributed by atoms with Gasteiger partial charge in [-0.25, -0.2) is 9.59 Å². The van der Waals surface area contributed by atoms with E-state index < -0.39 is 11.9 Å². The van der Waals surface area contributed by atoms with E-state index in [-0.39, 0.29) is 24.3 Å². The van der Waals surface area contributed by atoms with Crippen LogP contribution in [0.25, 0.3) is 32.3 Å². The number of fused-ring (bicyclic) bond motifs is 3. The summed E-state index contributed by atoms with van der Waals surface area (Å²) in [5.41, 5.74) is 0.237. The van der Waals surface area contributed by atoms with Crippen molar-refractivity contribution in [2.45, 2.75) is 33.4 Å². The van der Waals surface area contributed by atoms with E-state index in [4.69, 9.17) is 60.0 Å². The lowest BCUT2D eigenvalue weighted by atomic mass is 9.95. The van der Waals surface area contributed by atoms with Crippen molar-refractivity contribution < 1.29 is 19.1 Å². The van der Waals surface area contributed by atoms with Gasteiger partial charge < -0.3 is 9.47 Å². The van der Waals surface area contributed by atoms with Gasteiger partial charge in [-0.2, -0.15) is 0 Å². The van der Waals surface area contributed by atoms with E-state index in [1.807, 2.05) is 24.3 Å². The lowest BCUT2D eigenvalue weighted by Gasteiger charge is -2.18. The smallest absolute Gasteiger partial charge is 0.339 e. The number of thiol groups is 4. The Morgan fingerprint density at radius 3 is 1.34 bits per heavy atom. The third-order valence-electron chi connectivity index (χ3n) is 5.29. The number of carbonyl (C=O) groups excluding carboxylic acids is 2. The maximum Gasteiger partial charge on any atom is 0.339 e. The molecule has 164 valence electrons. The molecule has 0 atom stereocenters. The number of hydrogen-bond donors (Lipinski definition) is 4. The first-order chi connectivity index (χ1) is 15.3. The fraction of sp³-hybridized carbons (Fsp3) is 0.167. The van der Waals surface area contributed by atoms with Crippen LogP contribution < -0.4 is 0 Å². The van der Waals surface area contributed by atoms with Crippen LogP contribution in [0.5, 0.6) is 0 Å². The van der Waals surface area contributed by atoms with Gasteiger partial charge in [-0.1, -0.05) is 24.3 Å². The van der Waals surface area contributed by atoms with Crippen molar-refractivity contribution in [2.75, 3.05) is 13.2 Å². The predicted molar refractivity (Wildman–Crippen MR) is 140 cm³/mol. The van der Waals surface area contributed by atoms with Crippen molar-refractivity contribution in [3.05, 3.63) is 47.5 Å². The van der Waals surface area contributed by atoms with Gasteiger partial charge in [0.15, 0.2) is 0 Å². The van der Waals surface area contributed by atoms with Crippen molar-refractivity contribution in [3.63, 3.8) is 0 Å². The molecular formula is C24H20O4S4. The summed E-state index contributed by atoms with van der Waals surface area (Å²) in [7, 11) is 0. The topological polar surface area (TPSA) is 52.6 Å². The van der Waals surface area contributed by atoms with Crippen molar-refractivity contribution in [2.24, 2.45) is 0 Å². The van der Waals surface area contributed by atoms with E-state index in [1.54, 1.807) is 26.0 Å². The molecule has 0 aliphatic rings. The molecule has 0 aliphatic carbocycles. The van der Waals surface area contributed by atoms with Crippen LogP contribution in [-0.2, 0) is 9.47 Å². The molecule has 4 rings (SSSR count). The molecule has 32 heavy (non-hydrogen) atoms. The summed E-state index contributed by atoms with van der Waals surface area (Å²) in [6.45, 7) is 3.77. The number of carbonyl (C=O) groups is 2. The van der Waals surface area contributed by atoms with E-state index >= 15 is 0 Å². The number of ether oxygens (including phenoxy) is 2. The largest absolute Gasteiger partial charge is 0.462 e. The minimum absolute atomic E-state index is 0.118. The van der Waals surface area contributed by atoms with Crippen LogP contribution in [0.4, 0.5) is 0 Å². The third-order valence-corrected chi connectivity index (χ3v) is 7.15. The van der Waals surface area contributed by atoms with Crippen LogP contribution in [0.3, 0.4) is 0 Å². The van der Waals surface area contributed by atoms with Gasteiger partial charge in [-0.3, -0.25) is 0 Å². The first-order valence-corrected chi connectivity index (χ1v) is 11.7. The Morgan fingerprint density at radius 2 is 1.00 bits per heavy atom. The summed E-state index contributed by atoms with van der Waals surface area (Å²) in [6, 6.07) is 11.0. The van der Waals surface area contributed by atoms with E-state index in [0.717, 1.165) is 31.3 Å². The highest BCUT2D eigenvalue weighted by molar-refractivity contribution is 7.83. The minimum atomic E-state index is -0.606. The molecule has 0 saturated heterocycles.